The summed E-state index contributed by atoms with van der Waals surface area (Å²) in [5.41, 5.74) is 1.59. The smallest absolute Gasteiger partial charge is 0.261 e. The third-order valence-electron chi connectivity index (χ3n) is 5.61. The van der Waals surface area contributed by atoms with Crippen LogP contribution in [0.2, 0.25) is 0 Å². The van der Waals surface area contributed by atoms with Crippen molar-refractivity contribution in [2.75, 3.05) is 39.3 Å². The zero-order valence-electron chi connectivity index (χ0n) is 19.6. The highest BCUT2D eigenvalue weighted by Crippen LogP contribution is 2.34. The van der Waals surface area contributed by atoms with E-state index in [4.69, 9.17) is 14.2 Å². The summed E-state index contributed by atoms with van der Waals surface area (Å²) in [6, 6.07) is 18.2. The van der Waals surface area contributed by atoms with Gasteiger partial charge in [-0.15, -0.1) is 0 Å². The van der Waals surface area contributed by atoms with Crippen LogP contribution in [0.3, 0.4) is 0 Å². The third-order valence-corrected chi connectivity index (χ3v) is 6.99. The van der Waals surface area contributed by atoms with Crippen LogP contribution >= 0.6 is 0 Å². The first-order valence-electron chi connectivity index (χ1n) is 10.9. The fourth-order valence-electron chi connectivity index (χ4n) is 3.69. The van der Waals surface area contributed by atoms with Gasteiger partial charge in [-0.2, -0.15) is 0 Å². The normalized spacial score (nSPS) is 13.4. The minimum absolute atomic E-state index is 0.0258. The molecule has 0 aromatic heterocycles. The van der Waals surface area contributed by atoms with Crippen LogP contribution in [0.15, 0.2) is 71.6 Å². The summed E-state index contributed by atoms with van der Waals surface area (Å²) >= 11 is 0. The summed E-state index contributed by atoms with van der Waals surface area (Å²) in [6.45, 7) is 0.431. The van der Waals surface area contributed by atoms with Crippen molar-refractivity contribution < 1.29 is 27.4 Å². The van der Waals surface area contributed by atoms with Gasteiger partial charge in [-0.1, -0.05) is 18.2 Å². The molecule has 10 heteroatoms. The minimum Gasteiger partial charge on any atom is -0.497 e. The van der Waals surface area contributed by atoms with Crippen LogP contribution in [0.5, 0.6) is 17.2 Å². The molecule has 35 heavy (non-hydrogen) atoms. The van der Waals surface area contributed by atoms with E-state index in [1.54, 1.807) is 31.4 Å². The second-order valence-corrected chi connectivity index (χ2v) is 9.85. The Bertz CT molecular complexity index is 1310. The number of likely N-dealkylation sites (N-methyl/N-ethyl adjacent to an activating group) is 1. The van der Waals surface area contributed by atoms with E-state index in [1.807, 2.05) is 43.3 Å². The first-order chi connectivity index (χ1) is 16.8. The van der Waals surface area contributed by atoms with E-state index < -0.39 is 10.0 Å². The van der Waals surface area contributed by atoms with Gasteiger partial charge in [-0.25, -0.2) is 8.42 Å². The number of amides is 1. The van der Waals surface area contributed by atoms with Gasteiger partial charge in [0.25, 0.3) is 15.9 Å². The average Bonchev–Trinajstić information content (AvgIpc) is 3.32. The van der Waals surface area contributed by atoms with Crippen LogP contribution in [0, 0.1) is 0 Å². The van der Waals surface area contributed by atoms with Crippen LogP contribution < -0.4 is 24.2 Å². The zero-order chi connectivity index (χ0) is 25.0. The molecule has 0 radical (unpaired) electrons. The van der Waals surface area contributed by atoms with Gasteiger partial charge in [0.2, 0.25) is 6.79 Å². The van der Waals surface area contributed by atoms with E-state index in [0.717, 1.165) is 11.3 Å². The van der Waals surface area contributed by atoms with E-state index in [9.17, 15) is 13.2 Å². The molecule has 0 bridgehead atoms. The molecule has 0 aliphatic carbocycles. The van der Waals surface area contributed by atoms with Crippen molar-refractivity contribution in [1.29, 1.82) is 0 Å². The number of hydrogen-bond donors (Lipinski definition) is 2. The molecule has 0 spiro atoms. The van der Waals surface area contributed by atoms with E-state index >= 15 is 0 Å². The Kier molecular flexibility index (Phi) is 7.13. The highest BCUT2D eigenvalue weighted by molar-refractivity contribution is 7.92. The summed E-state index contributed by atoms with van der Waals surface area (Å²) in [7, 11) is 1.53. The van der Waals surface area contributed by atoms with Crippen LogP contribution in [0.25, 0.3) is 0 Å². The Morgan fingerprint density at radius 1 is 1.03 bits per heavy atom. The van der Waals surface area contributed by atoms with Gasteiger partial charge in [0.15, 0.2) is 11.5 Å². The largest absolute Gasteiger partial charge is 0.497 e. The van der Waals surface area contributed by atoms with Crippen molar-refractivity contribution in [3.63, 3.8) is 0 Å². The van der Waals surface area contributed by atoms with Crippen molar-refractivity contribution >= 4 is 21.6 Å². The lowest BCUT2D eigenvalue weighted by molar-refractivity contribution is 0.0941. The van der Waals surface area contributed by atoms with Gasteiger partial charge in [0, 0.05) is 18.2 Å². The Morgan fingerprint density at radius 3 is 2.49 bits per heavy atom. The molecule has 1 amide bonds. The van der Waals surface area contributed by atoms with Gasteiger partial charge >= 0.3 is 0 Å². The molecule has 184 valence electrons. The predicted octanol–water partition coefficient (Wildman–Crippen LogP) is 3.26. The molecule has 9 nitrogen and oxygen atoms in total. The highest BCUT2D eigenvalue weighted by atomic mass is 32.2. The number of nitrogens with zero attached hydrogens (tertiary/aromatic N) is 1. The molecule has 4 rings (SSSR count). The van der Waals surface area contributed by atoms with Gasteiger partial charge in [0.1, 0.15) is 5.75 Å². The Morgan fingerprint density at radius 2 is 1.77 bits per heavy atom. The topological polar surface area (TPSA) is 106 Å². The van der Waals surface area contributed by atoms with Crippen molar-refractivity contribution in [3.8, 4) is 17.2 Å². The molecule has 3 aromatic carbocycles. The lowest BCUT2D eigenvalue weighted by Crippen LogP contribution is -2.34. The Hall–Kier alpha value is -3.76. The third kappa shape index (κ3) is 5.67. The number of methoxy groups -OCH3 is 1. The summed E-state index contributed by atoms with van der Waals surface area (Å²) < 4.78 is 44.1. The molecular weight excluding hydrogens is 470 g/mol. The highest BCUT2D eigenvalue weighted by Gasteiger charge is 2.20. The first-order valence-corrected chi connectivity index (χ1v) is 12.4. The molecule has 0 saturated carbocycles. The number of rotatable bonds is 9. The molecule has 1 aliphatic heterocycles. The quantitative estimate of drug-likeness (QED) is 0.467. The zero-order valence-corrected chi connectivity index (χ0v) is 20.5. The summed E-state index contributed by atoms with van der Waals surface area (Å²) in [5.74, 6) is 1.40. The van der Waals surface area contributed by atoms with Crippen LogP contribution in [0.4, 0.5) is 5.69 Å². The van der Waals surface area contributed by atoms with Gasteiger partial charge < -0.3 is 24.4 Å². The maximum atomic E-state index is 12.9. The van der Waals surface area contributed by atoms with E-state index in [-0.39, 0.29) is 29.2 Å². The van der Waals surface area contributed by atoms with E-state index in [0.29, 0.717) is 23.7 Å². The fraction of sp³-hybridized carbons (Fsp3) is 0.240. The van der Waals surface area contributed by atoms with Crippen LogP contribution in [-0.2, 0) is 10.0 Å². The summed E-state index contributed by atoms with van der Waals surface area (Å²) in [5, 5.41) is 2.91. The fourth-order valence-corrected chi connectivity index (χ4v) is 4.79. The Balaban J connectivity index is 1.45. The predicted molar refractivity (Wildman–Crippen MR) is 132 cm³/mol. The first kappa shape index (κ1) is 24.4. The average molecular weight is 498 g/mol. The van der Waals surface area contributed by atoms with Crippen molar-refractivity contribution in [2.24, 2.45) is 0 Å². The monoisotopic (exact) mass is 497 g/mol. The van der Waals surface area contributed by atoms with Crippen molar-refractivity contribution in [3.05, 3.63) is 77.9 Å². The maximum Gasteiger partial charge on any atom is 0.261 e. The SMILES string of the molecule is COc1ccc([C@H](CNC(=O)c2cccc(S(=O)(=O)Nc3ccc4c(c3)OCO4)c2)N(C)C)cc1. The second-order valence-electron chi connectivity index (χ2n) is 8.16. The van der Waals surface area contributed by atoms with Crippen molar-refractivity contribution in [1.82, 2.24) is 10.2 Å². The molecule has 0 fully saturated rings. The van der Waals surface area contributed by atoms with Gasteiger partial charge in [0.05, 0.1) is 23.7 Å². The minimum atomic E-state index is -3.93. The maximum absolute atomic E-state index is 12.9. The number of ether oxygens (including phenoxy) is 3. The number of carbonyl (C=O) groups excluding carboxylic acids is 1. The van der Waals surface area contributed by atoms with Crippen molar-refractivity contribution in [2.45, 2.75) is 10.9 Å². The molecule has 1 aliphatic rings. The molecule has 1 atom stereocenters. The van der Waals surface area contributed by atoms with Gasteiger partial charge in [-0.05, 0) is 62.1 Å². The Labute approximate surface area is 204 Å². The number of hydrogen-bond acceptors (Lipinski definition) is 7. The summed E-state index contributed by atoms with van der Waals surface area (Å²) in [4.78, 5) is 14.8. The lowest BCUT2D eigenvalue weighted by Gasteiger charge is -2.25. The number of benzene rings is 3. The summed E-state index contributed by atoms with van der Waals surface area (Å²) in [6.07, 6.45) is 0. The molecule has 0 saturated heterocycles. The molecule has 1 heterocycles. The van der Waals surface area contributed by atoms with E-state index in [2.05, 4.69) is 10.0 Å². The number of anilines is 1. The van der Waals surface area contributed by atoms with Gasteiger partial charge in [-0.3, -0.25) is 9.52 Å². The molecule has 0 unspecified atom stereocenters. The van der Waals surface area contributed by atoms with E-state index in [1.165, 1.54) is 18.2 Å². The number of sulfonamides is 1. The van der Waals surface area contributed by atoms with Crippen LogP contribution in [-0.4, -0.2) is 53.8 Å². The second kappa shape index (κ2) is 10.2. The molecular formula is C25H27N3O6S. The number of carbonyl (C=O) groups is 1. The molecule has 2 N–H and O–H groups in total. The number of fused-ring (bicyclic) bond motifs is 1. The number of nitrogens with one attached hydrogen (secondary N) is 2. The molecule has 3 aromatic rings. The lowest BCUT2D eigenvalue weighted by atomic mass is 10.1. The standard InChI is InChI=1S/C25H27N3O6S/c1-28(2)22(17-7-10-20(32-3)11-8-17)15-26-25(29)18-5-4-6-21(13-18)35(30,31)27-19-9-12-23-24(14-19)34-16-33-23/h4-14,22,27H,15-16H2,1-3H3,(H,26,29)/t22-/m0/s1. The van der Waals surface area contributed by atoms with Crippen LogP contribution in [0.1, 0.15) is 22.0 Å².